The molecular formula is C17H26Cl2N4S. The topological polar surface area (TPSA) is 41.0 Å². The molecule has 2 aromatic heterocycles. The lowest BCUT2D eigenvalue weighted by Crippen LogP contribution is -2.45. The Morgan fingerprint density at radius 3 is 2.75 bits per heavy atom. The lowest BCUT2D eigenvalue weighted by Gasteiger charge is -2.35. The number of hydrogen-bond donors (Lipinski definition) is 1. The third kappa shape index (κ3) is 5.14. The van der Waals surface area contributed by atoms with Crippen LogP contribution < -0.4 is 5.32 Å². The summed E-state index contributed by atoms with van der Waals surface area (Å²) in [5.74, 6) is 0. The van der Waals surface area contributed by atoms with Crippen LogP contribution in [-0.2, 0) is 12.0 Å². The SMILES string of the molecule is CC(C)(C)c1csc(CN2CCNCC2c2cccnc2)n1.Cl.Cl. The zero-order chi connectivity index (χ0) is 15.6. The lowest BCUT2D eigenvalue weighted by atomic mass is 9.93. The molecule has 1 unspecified atom stereocenters. The van der Waals surface area contributed by atoms with E-state index in [0.29, 0.717) is 6.04 Å². The summed E-state index contributed by atoms with van der Waals surface area (Å²) in [6, 6.07) is 4.56. The van der Waals surface area contributed by atoms with Crippen LogP contribution in [0.4, 0.5) is 0 Å². The second-order valence-corrected chi connectivity index (χ2v) is 7.80. The van der Waals surface area contributed by atoms with Crippen LogP contribution in [0.1, 0.15) is 43.1 Å². The van der Waals surface area contributed by atoms with Gasteiger partial charge in [-0.3, -0.25) is 9.88 Å². The van der Waals surface area contributed by atoms with Gasteiger partial charge in [0.15, 0.2) is 0 Å². The van der Waals surface area contributed by atoms with Crippen LogP contribution in [0.5, 0.6) is 0 Å². The van der Waals surface area contributed by atoms with Gasteiger partial charge in [0.05, 0.1) is 12.2 Å². The first kappa shape index (κ1) is 21.3. The van der Waals surface area contributed by atoms with Gasteiger partial charge in [0.2, 0.25) is 0 Å². The van der Waals surface area contributed by atoms with Gasteiger partial charge in [-0.2, -0.15) is 0 Å². The maximum Gasteiger partial charge on any atom is 0.107 e. The Bertz CT molecular complexity index is 613. The van der Waals surface area contributed by atoms with Gasteiger partial charge in [0, 0.05) is 48.9 Å². The summed E-state index contributed by atoms with van der Waals surface area (Å²) in [6.45, 7) is 10.6. The van der Waals surface area contributed by atoms with Crippen molar-refractivity contribution < 1.29 is 0 Å². The van der Waals surface area contributed by atoms with Crippen molar-refractivity contribution in [1.82, 2.24) is 20.2 Å². The predicted octanol–water partition coefficient (Wildman–Crippen LogP) is 3.83. The highest BCUT2D eigenvalue weighted by atomic mass is 35.5. The Kier molecular flexibility index (Phi) is 8.09. The van der Waals surface area contributed by atoms with Gasteiger partial charge in [0.25, 0.3) is 0 Å². The molecule has 0 aromatic carbocycles. The van der Waals surface area contributed by atoms with Gasteiger partial charge < -0.3 is 5.32 Å². The van der Waals surface area contributed by atoms with Gasteiger partial charge in [-0.25, -0.2) is 4.98 Å². The molecule has 7 heteroatoms. The minimum atomic E-state index is 0. The van der Waals surface area contributed by atoms with E-state index >= 15 is 0 Å². The molecule has 2 aromatic rings. The average Bonchev–Trinajstić information content (AvgIpc) is 2.97. The molecule has 1 atom stereocenters. The van der Waals surface area contributed by atoms with Crippen molar-refractivity contribution in [2.24, 2.45) is 0 Å². The number of hydrogen-bond acceptors (Lipinski definition) is 5. The average molecular weight is 389 g/mol. The van der Waals surface area contributed by atoms with Gasteiger partial charge in [0.1, 0.15) is 5.01 Å². The quantitative estimate of drug-likeness (QED) is 0.867. The van der Waals surface area contributed by atoms with E-state index in [1.165, 1.54) is 16.3 Å². The standard InChI is InChI=1S/C17H24N4S.2ClH/c1-17(2,3)15-12-22-16(20-15)11-21-8-7-19-10-14(21)13-5-4-6-18-9-13;;/h4-6,9,12,14,19H,7-8,10-11H2,1-3H3;2*1H. The normalized spacial score (nSPS) is 18.5. The maximum atomic E-state index is 4.84. The number of nitrogens with one attached hydrogen (secondary N) is 1. The van der Waals surface area contributed by atoms with Gasteiger partial charge in [-0.05, 0) is 11.6 Å². The van der Waals surface area contributed by atoms with Crippen molar-refractivity contribution in [2.45, 2.75) is 38.8 Å². The highest BCUT2D eigenvalue weighted by Gasteiger charge is 2.25. The summed E-state index contributed by atoms with van der Waals surface area (Å²) in [5.41, 5.74) is 2.60. The van der Waals surface area contributed by atoms with E-state index in [1.54, 1.807) is 11.3 Å². The van der Waals surface area contributed by atoms with Gasteiger partial charge >= 0.3 is 0 Å². The van der Waals surface area contributed by atoms with Crippen molar-refractivity contribution in [1.29, 1.82) is 0 Å². The molecule has 1 aliphatic heterocycles. The summed E-state index contributed by atoms with van der Waals surface area (Å²) in [6.07, 6.45) is 3.81. The van der Waals surface area contributed by atoms with Crippen LogP contribution in [0.3, 0.4) is 0 Å². The van der Waals surface area contributed by atoms with Crippen molar-refractivity contribution in [3.05, 3.63) is 46.2 Å². The summed E-state index contributed by atoms with van der Waals surface area (Å²) < 4.78 is 0. The summed E-state index contributed by atoms with van der Waals surface area (Å²) >= 11 is 1.78. The fourth-order valence-electron chi connectivity index (χ4n) is 2.74. The smallest absolute Gasteiger partial charge is 0.107 e. The molecule has 1 fully saturated rings. The molecule has 1 aliphatic rings. The highest BCUT2D eigenvalue weighted by molar-refractivity contribution is 7.09. The molecule has 0 amide bonds. The Morgan fingerprint density at radius 2 is 2.12 bits per heavy atom. The van der Waals surface area contributed by atoms with Gasteiger partial charge in [-0.1, -0.05) is 26.8 Å². The summed E-state index contributed by atoms with van der Waals surface area (Å²) in [5, 5.41) is 6.91. The zero-order valence-corrected chi connectivity index (χ0v) is 16.8. The summed E-state index contributed by atoms with van der Waals surface area (Å²) in [4.78, 5) is 11.6. The second kappa shape index (κ2) is 9.11. The fraction of sp³-hybridized carbons (Fsp3) is 0.529. The molecule has 24 heavy (non-hydrogen) atoms. The van der Waals surface area contributed by atoms with E-state index in [1.807, 2.05) is 18.5 Å². The third-order valence-electron chi connectivity index (χ3n) is 4.08. The minimum Gasteiger partial charge on any atom is -0.314 e. The van der Waals surface area contributed by atoms with Gasteiger partial charge in [-0.15, -0.1) is 36.2 Å². The van der Waals surface area contributed by atoms with E-state index in [4.69, 9.17) is 4.98 Å². The Labute approximate surface area is 160 Å². The molecule has 0 radical (unpaired) electrons. The zero-order valence-electron chi connectivity index (χ0n) is 14.4. The number of rotatable bonds is 3. The molecule has 1 saturated heterocycles. The minimum absolute atomic E-state index is 0. The largest absolute Gasteiger partial charge is 0.314 e. The molecule has 3 rings (SSSR count). The van der Waals surface area contributed by atoms with Crippen molar-refractivity contribution in [3.8, 4) is 0 Å². The third-order valence-corrected chi connectivity index (χ3v) is 4.92. The number of halogens is 2. The second-order valence-electron chi connectivity index (χ2n) is 6.85. The Balaban J connectivity index is 0.00000144. The molecule has 0 aliphatic carbocycles. The molecule has 0 spiro atoms. The van der Waals surface area contributed by atoms with Crippen LogP contribution in [0.15, 0.2) is 29.9 Å². The first-order valence-corrected chi connectivity index (χ1v) is 8.71. The number of thiazole rings is 1. The number of nitrogens with zero attached hydrogens (tertiary/aromatic N) is 3. The van der Waals surface area contributed by atoms with E-state index in [-0.39, 0.29) is 30.2 Å². The predicted molar refractivity (Wildman–Crippen MR) is 106 cm³/mol. The number of piperazine rings is 1. The van der Waals surface area contributed by atoms with Crippen molar-refractivity contribution in [2.75, 3.05) is 19.6 Å². The van der Waals surface area contributed by atoms with Crippen LogP contribution in [0.2, 0.25) is 0 Å². The highest BCUT2D eigenvalue weighted by Crippen LogP contribution is 2.27. The number of aromatic nitrogens is 2. The van der Waals surface area contributed by atoms with Crippen LogP contribution in [-0.4, -0.2) is 34.5 Å². The molecule has 4 nitrogen and oxygen atoms in total. The Morgan fingerprint density at radius 1 is 1.33 bits per heavy atom. The fourth-order valence-corrected chi connectivity index (χ4v) is 3.78. The lowest BCUT2D eigenvalue weighted by molar-refractivity contribution is 0.153. The summed E-state index contributed by atoms with van der Waals surface area (Å²) in [7, 11) is 0. The van der Waals surface area contributed by atoms with E-state index in [0.717, 1.165) is 26.2 Å². The molecule has 0 saturated carbocycles. The molecule has 1 N–H and O–H groups in total. The van der Waals surface area contributed by atoms with E-state index in [2.05, 4.69) is 47.4 Å². The maximum absolute atomic E-state index is 4.84. The molecular weight excluding hydrogens is 363 g/mol. The number of pyridine rings is 1. The van der Waals surface area contributed by atoms with Crippen LogP contribution >= 0.6 is 36.2 Å². The van der Waals surface area contributed by atoms with Crippen LogP contribution in [0.25, 0.3) is 0 Å². The van der Waals surface area contributed by atoms with E-state index < -0.39 is 0 Å². The van der Waals surface area contributed by atoms with Crippen molar-refractivity contribution in [3.63, 3.8) is 0 Å². The monoisotopic (exact) mass is 388 g/mol. The molecule has 3 heterocycles. The molecule has 134 valence electrons. The van der Waals surface area contributed by atoms with Crippen LogP contribution in [0, 0.1) is 0 Å². The molecule has 0 bridgehead atoms. The van der Waals surface area contributed by atoms with Crippen molar-refractivity contribution >= 4 is 36.2 Å². The first-order valence-electron chi connectivity index (χ1n) is 7.83. The Hall–Kier alpha value is -0.720. The van der Waals surface area contributed by atoms with E-state index in [9.17, 15) is 0 Å². The first-order chi connectivity index (χ1) is 10.5.